The van der Waals surface area contributed by atoms with Gasteiger partial charge in [0.05, 0.1) is 17.2 Å². The van der Waals surface area contributed by atoms with E-state index in [9.17, 15) is 18.0 Å². The normalized spacial score (nSPS) is 14.9. The lowest BCUT2D eigenvalue weighted by Gasteiger charge is -2.35. The molecule has 1 aliphatic rings. The number of halogens is 3. The van der Waals surface area contributed by atoms with Gasteiger partial charge in [-0.1, -0.05) is 6.07 Å². The highest BCUT2D eigenvalue weighted by Gasteiger charge is 2.34. The first-order valence-electron chi connectivity index (χ1n) is 11.5. The highest BCUT2D eigenvalue weighted by Crippen LogP contribution is 2.25. The van der Waals surface area contributed by atoms with Crippen LogP contribution in [0.3, 0.4) is 0 Å². The maximum absolute atomic E-state index is 12.5. The van der Waals surface area contributed by atoms with Crippen molar-refractivity contribution in [3.05, 3.63) is 54.5 Å². The Kier molecular flexibility index (Phi) is 6.35. The summed E-state index contributed by atoms with van der Waals surface area (Å²) in [6.07, 6.45) is -0.419. The molecule has 2 N–H and O–H groups in total. The van der Waals surface area contributed by atoms with E-state index in [0.29, 0.717) is 31.4 Å². The smallest absolute Gasteiger partial charge is 0.340 e. The first-order chi connectivity index (χ1) is 17.2. The standard InChI is InChI=1S/C24H25F3N8O/c1-33-15-18(13-29-33)17-2-3-19-20(11-17)31-23(30-19)32-21-10-16(4-5-28-21)14-34-6-8-35(9-7-34)22(36)12-24(25,26)27/h2-5,10-11,13,15H,6-9,12,14H2,1H3,(H2,28,30,31,32). The Morgan fingerprint density at radius 2 is 1.92 bits per heavy atom. The van der Waals surface area contributed by atoms with Gasteiger partial charge in [0, 0.05) is 57.7 Å². The molecule has 0 spiro atoms. The number of amides is 1. The van der Waals surface area contributed by atoms with Crippen molar-refractivity contribution in [1.82, 2.24) is 34.5 Å². The number of nitrogens with one attached hydrogen (secondary N) is 2. The topological polar surface area (TPSA) is 95.0 Å². The number of nitrogens with zero attached hydrogens (tertiary/aromatic N) is 6. The van der Waals surface area contributed by atoms with Gasteiger partial charge in [-0.05, 0) is 35.4 Å². The highest BCUT2D eigenvalue weighted by atomic mass is 19.4. The summed E-state index contributed by atoms with van der Waals surface area (Å²) in [5.41, 5.74) is 4.75. The molecule has 12 heteroatoms. The fraction of sp³-hybridized carbons (Fsp3) is 0.333. The molecule has 0 radical (unpaired) electrons. The number of hydrogen-bond acceptors (Lipinski definition) is 6. The number of alkyl halides is 3. The number of aromatic nitrogens is 5. The average molecular weight is 499 g/mol. The van der Waals surface area contributed by atoms with Gasteiger partial charge in [-0.2, -0.15) is 18.3 Å². The van der Waals surface area contributed by atoms with E-state index in [1.54, 1.807) is 10.9 Å². The van der Waals surface area contributed by atoms with Gasteiger partial charge in [-0.15, -0.1) is 0 Å². The minimum absolute atomic E-state index is 0.283. The van der Waals surface area contributed by atoms with Gasteiger partial charge in [0.15, 0.2) is 0 Å². The molecule has 0 aliphatic carbocycles. The zero-order chi connectivity index (χ0) is 25.3. The predicted molar refractivity (Wildman–Crippen MR) is 128 cm³/mol. The van der Waals surface area contributed by atoms with Crippen molar-refractivity contribution < 1.29 is 18.0 Å². The molecule has 4 aromatic rings. The van der Waals surface area contributed by atoms with E-state index in [2.05, 4.69) is 30.3 Å². The van der Waals surface area contributed by atoms with Gasteiger partial charge in [0.1, 0.15) is 12.2 Å². The Morgan fingerprint density at radius 1 is 1.11 bits per heavy atom. The van der Waals surface area contributed by atoms with E-state index in [1.807, 2.05) is 49.8 Å². The predicted octanol–water partition coefficient (Wildman–Crippen LogP) is 3.70. The Hall–Kier alpha value is -3.93. The molecule has 36 heavy (non-hydrogen) atoms. The van der Waals surface area contributed by atoms with Crippen LogP contribution in [0.5, 0.6) is 0 Å². The quantitative estimate of drug-likeness (QED) is 0.421. The molecular formula is C24H25F3N8O. The second-order valence-electron chi connectivity index (χ2n) is 8.84. The van der Waals surface area contributed by atoms with Crippen molar-refractivity contribution in [2.45, 2.75) is 19.1 Å². The van der Waals surface area contributed by atoms with Crippen LogP contribution in [0.1, 0.15) is 12.0 Å². The number of fused-ring (bicyclic) bond motifs is 1. The Bertz CT molecular complexity index is 1370. The molecule has 3 aromatic heterocycles. The number of pyridine rings is 1. The van der Waals surface area contributed by atoms with Crippen LogP contribution in [-0.2, 0) is 18.4 Å². The first-order valence-corrected chi connectivity index (χ1v) is 11.5. The molecule has 0 bridgehead atoms. The van der Waals surface area contributed by atoms with E-state index >= 15 is 0 Å². The fourth-order valence-corrected chi connectivity index (χ4v) is 4.28. The van der Waals surface area contributed by atoms with Gasteiger partial charge in [0.2, 0.25) is 11.9 Å². The third kappa shape index (κ3) is 5.65. The number of carbonyl (C=O) groups is 1. The number of anilines is 2. The number of rotatable bonds is 6. The lowest BCUT2D eigenvalue weighted by molar-refractivity contribution is -0.162. The van der Waals surface area contributed by atoms with Crippen LogP contribution in [0.2, 0.25) is 0 Å². The number of aromatic amines is 1. The molecular weight excluding hydrogens is 473 g/mol. The van der Waals surface area contributed by atoms with Crippen LogP contribution >= 0.6 is 0 Å². The summed E-state index contributed by atoms with van der Waals surface area (Å²) in [5.74, 6) is 0.323. The molecule has 5 rings (SSSR count). The lowest BCUT2D eigenvalue weighted by atomic mass is 10.1. The molecule has 188 valence electrons. The number of H-pyrrole nitrogens is 1. The van der Waals surface area contributed by atoms with E-state index in [0.717, 1.165) is 27.7 Å². The molecule has 1 aliphatic heterocycles. The van der Waals surface area contributed by atoms with E-state index in [-0.39, 0.29) is 13.1 Å². The summed E-state index contributed by atoms with van der Waals surface area (Å²) < 4.78 is 39.2. The van der Waals surface area contributed by atoms with Crippen molar-refractivity contribution in [2.75, 3.05) is 31.5 Å². The summed E-state index contributed by atoms with van der Waals surface area (Å²) in [7, 11) is 1.88. The molecule has 1 saturated heterocycles. The van der Waals surface area contributed by atoms with Crippen LogP contribution in [0.15, 0.2) is 48.9 Å². The summed E-state index contributed by atoms with van der Waals surface area (Å²) in [5, 5.41) is 7.42. The third-order valence-electron chi connectivity index (χ3n) is 6.07. The summed E-state index contributed by atoms with van der Waals surface area (Å²) >= 11 is 0. The summed E-state index contributed by atoms with van der Waals surface area (Å²) in [4.78, 5) is 27.4. The zero-order valence-corrected chi connectivity index (χ0v) is 19.6. The number of hydrogen-bond donors (Lipinski definition) is 2. The number of imidazole rings is 1. The van der Waals surface area contributed by atoms with Crippen molar-refractivity contribution in [1.29, 1.82) is 0 Å². The van der Waals surface area contributed by atoms with Crippen LogP contribution in [0, 0.1) is 0 Å². The molecule has 1 fully saturated rings. The number of aryl methyl sites for hydroxylation is 1. The van der Waals surface area contributed by atoms with Gasteiger partial charge in [-0.3, -0.25) is 14.4 Å². The van der Waals surface area contributed by atoms with Gasteiger partial charge in [-0.25, -0.2) is 9.97 Å². The molecule has 4 heterocycles. The molecule has 0 atom stereocenters. The Morgan fingerprint density at radius 3 is 2.64 bits per heavy atom. The fourth-order valence-electron chi connectivity index (χ4n) is 4.28. The number of piperazine rings is 1. The van der Waals surface area contributed by atoms with E-state index in [1.165, 1.54) is 4.90 Å². The Labute approximate surface area is 204 Å². The van der Waals surface area contributed by atoms with Crippen molar-refractivity contribution in [3.63, 3.8) is 0 Å². The molecule has 9 nitrogen and oxygen atoms in total. The van der Waals surface area contributed by atoms with Crippen molar-refractivity contribution in [2.24, 2.45) is 7.05 Å². The van der Waals surface area contributed by atoms with Crippen molar-refractivity contribution >= 4 is 28.7 Å². The molecule has 1 aromatic carbocycles. The minimum atomic E-state index is -4.48. The summed E-state index contributed by atoms with van der Waals surface area (Å²) in [6, 6.07) is 9.77. The van der Waals surface area contributed by atoms with Gasteiger partial charge >= 0.3 is 6.18 Å². The molecule has 0 saturated carbocycles. The number of carbonyl (C=O) groups excluding carboxylic acids is 1. The van der Waals surface area contributed by atoms with Gasteiger partial charge in [0.25, 0.3) is 0 Å². The van der Waals surface area contributed by atoms with Crippen LogP contribution in [-0.4, -0.2) is 72.8 Å². The van der Waals surface area contributed by atoms with Crippen LogP contribution in [0.4, 0.5) is 24.9 Å². The monoisotopic (exact) mass is 498 g/mol. The second-order valence-corrected chi connectivity index (χ2v) is 8.84. The van der Waals surface area contributed by atoms with Crippen LogP contribution < -0.4 is 5.32 Å². The molecule has 1 amide bonds. The first kappa shape index (κ1) is 23.8. The minimum Gasteiger partial charge on any atom is -0.340 e. The zero-order valence-electron chi connectivity index (χ0n) is 19.6. The SMILES string of the molecule is Cn1cc(-c2ccc3nc(Nc4cc(CN5CCN(C(=O)CC(F)(F)F)CC5)ccn4)[nH]c3c2)cn1. The average Bonchev–Trinajstić information content (AvgIpc) is 3.43. The lowest BCUT2D eigenvalue weighted by Crippen LogP contribution is -2.49. The maximum Gasteiger partial charge on any atom is 0.397 e. The maximum atomic E-state index is 12.5. The van der Waals surface area contributed by atoms with E-state index in [4.69, 9.17) is 0 Å². The highest BCUT2D eigenvalue weighted by molar-refractivity contribution is 5.83. The van der Waals surface area contributed by atoms with Gasteiger partial charge < -0.3 is 15.2 Å². The largest absolute Gasteiger partial charge is 0.397 e. The molecule has 0 unspecified atom stereocenters. The second kappa shape index (κ2) is 9.61. The number of benzene rings is 1. The third-order valence-corrected chi connectivity index (χ3v) is 6.07. The van der Waals surface area contributed by atoms with Crippen LogP contribution in [0.25, 0.3) is 22.2 Å². The van der Waals surface area contributed by atoms with Crippen molar-refractivity contribution in [3.8, 4) is 11.1 Å². The summed E-state index contributed by atoms with van der Waals surface area (Å²) in [6.45, 7) is 2.19. The Balaban J connectivity index is 1.20. The van der Waals surface area contributed by atoms with E-state index < -0.39 is 18.5 Å².